The van der Waals surface area contributed by atoms with Crippen LogP contribution in [0.3, 0.4) is 0 Å². The fourth-order valence-electron chi connectivity index (χ4n) is 3.01. The Morgan fingerprint density at radius 1 is 1.07 bits per heavy atom. The van der Waals surface area contributed by atoms with Gasteiger partial charge in [0.2, 0.25) is 5.91 Å². The predicted octanol–water partition coefficient (Wildman–Crippen LogP) is 3.59. The van der Waals surface area contributed by atoms with E-state index >= 15 is 0 Å². The van der Waals surface area contributed by atoms with Gasteiger partial charge in [-0.1, -0.05) is 56.0 Å². The van der Waals surface area contributed by atoms with E-state index in [4.69, 9.17) is 5.11 Å². The number of aliphatic hydroxyl groups is 1. The van der Waals surface area contributed by atoms with E-state index in [2.05, 4.69) is 18.3 Å². The number of allylic oxidation sites excluding steroid dienone is 3. The monoisotopic (exact) mass is 403 g/mol. The number of unbranched alkanes of at least 4 members (excludes halogenated alkanes) is 3. The highest BCUT2D eigenvalue weighted by Crippen LogP contribution is 2.14. The maximum absolute atomic E-state index is 12.1. The number of hydrogen-bond acceptors (Lipinski definition) is 4. The van der Waals surface area contributed by atoms with Crippen LogP contribution in [0.4, 0.5) is 0 Å². The second kappa shape index (κ2) is 13.6. The quantitative estimate of drug-likeness (QED) is 0.229. The maximum atomic E-state index is 12.1. The third kappa shape index (κ3) is 11.1. The van der Waals surface area contributed by atoms with Crippen molar-refractivity contribution in [2.75, 3.05) is 6.61 Å². The van der Waals surface area contributed by atoms with Crippen LogP contribution in [0.15, 0.2) is 48.1 Å². The van der Waals surface area contributed by atoms with Crippen molar-refractivity contribution in [2.24, 2.45) is 5.92 Å². The molecule has 0 spiro atoms. The number of hydrogen-bond donors (Lipinski definition) is 4. The summed E-state index contributed by atoms with van der Waals surface area (Å²) >= 11 is 0. The van der Waals surface area contributed by atoms with Gasteiger partial charge in [0.15, 0.2) is 0 Å². The van der Waals surface area contributed by atoms with Crippen LogP contribution in [0.25, 0.3) is 0 Å². The Bertz CT molecular complexity index is 694. The summed E-state index contributed by atoms with van der Waals surface area (Å²) in [5.41, 5.74) is 1.66. The minimum absolute atomic E-state index is 0.106. The summed E-state index contributed by atoms with van der Waals surface area (Å²) in [6.07, 6.45) is 10.4. The van der Waals surface area contributed by atoms with Crippen molar-refractivity contribution in [3.05, 3.63) is 53.6 Å². The Kier molecular flexibility index (Phi) is 11.4. The summed E-state index contributed by atoms with van der Waals surface area (Å²) in [5, 5.41) is 29.9. The number of aromatic hydroxyl groups is 1. The zero-order valence-corrected chi connectivity index (χ0v) is 17.3. The van der Waals surface area contributed by atoms with Gasteiger partial charge >= 0.3 is 5.97 Å². The van der Waals surface area contributed by atoms with Crippen LogP contribution in [-0.4, -0.2) is 39.8 Å². The summed E-state index contributed by atoms with van der Waals surface area (Å²) in [7, 11) is 0. The molecular formula is C23H33NO5. The number of phenolic OH excluding ortho intramolecular Hbond substituents is 1. The standard InChI is InChI=1S/C23H33NO5/c1-17(7-5-3-4-6-14-25)15-18(2)8-13-22(27)24-21(23(28)29)16-19-9-11-20(26)12-10-19/h8-13,15,17,21,25-26H,3-7,14,16H2,1-2H3,(H,24,27)(H,28,29)/b13-8+,18-15+/t17-,21?/m1/s1. The van der Waals surface area contributed by atoms with Crippen molar-refractivity contribution in [3.63, 3.8) is 0 Å². The molecule has 0 aromatic heterocycles. The number of carbonyl (C=O) groups excluding carboxylic acids is 1. The minimum Gasteiger partial charge on any atom is -0.508 e. The van der Waals surface area contributed by atoms with Crippen molar-refractivity contribution in [2.45, 2.75) is 58.4 Å². The number of carboxylic acid groups (broad SMARTS) is 1. The number of carbonyl (C=O) groups is 2. The number of benzene rings is 1. The zero-order chi connectivity index (χ0) is 21.6. The third-order valence-corrected chi connectivity index (χ3v) is 4.60. The van der Waals surface area contributed by atoms with E-state index in [-0.39, 0.29) is 18.8 Å². The molecule has 160 valence electrons. The van der Waals surface area contributed by atoms with Crippen molar-refractivity contribution >= 4 is 11.9 Å². The van der Waals surface area contributed by atoms with Crippen LogP contribution >= 0.6 is 0 Å². The highest BCUT2D eigenvalue weighted by Gasteiger charge is 2.19. The largest absolute Gasteiger partial charge is 0.508 e. The number of aliphatic carboxylic acids is 1. The molecule has 0 aliphatic heterocycles. The van der Waals surface area contributed by atoms with Gasteiger partial charge in [-0.25, -0.2) is 4.79 Å². The van der Waals surface area contributed by atoms with Crippen LogP contribution in [-0.2, 0) is 16.0 Å². The fourth-order valence-corrected chi connectivity index (χ4v) is 3.01. The highest BCUT2D eigenvalue weighted by molar-refractivity contribution is 5.91. The molecular weight excluding hydrogens is 370 g/mol. The Labute approximate surface area is 173 Å². The van der Waals surface area contributed by atoms with Crippen molar-refractivity contribution in [1.82, 2.24) is 5.32 Å². The number of amides is 1. The molecule has 29 heavy (non-hydrogen) atoms. The Hall–Kier alpha value is -2.60. The summed E-state index contributed by atoms with van der Waals surface area (Å²) in [6, 6.07) is 5.19. The molecule has 6 nitrogen and oxygen atoms in total. The SMILES string of the molecule is CC(/C=C/C(=O)NC(Cc1ccc(O)cc1)C(=O)O)=C\[C@H](C)CCCCCCO. The minimum atomic E-state index is -1.11. The Morgan fingerprint density at radius 2 is 1.72 bits per heavy atom. The van der Waals surface area contributed by atoms with E-state index < -0.39 is 17.9 Å². The molecule has 0 fully saturated rings. The zero-order valence-electron chi connectivity index (χ0n) is 17.3. The maximum Gasteiger partial charge on any atom is 0.326 e. The van der Waals surface area contributed by atoms with Gasteiger partial charge in [-0.15, -0.1) is 0 Å². The molecule has 0 radical (unpaired) electrons. The number of phenols is 1. The van der Waals surface area contributed by atoms with Gasteiger partial charge in [0.05, 0.1) is 0 Å². The van der Waals surface area contributed by atoms with Gasteiger partial charge in [0, 0.05) is 19.1 Å². The molecule has 0 saturated carbocycles. The molecule has 0 bridgehead atoms. The number of nitrogens with one attached hydrogen (secondary N) is 1. The lowest BCUT2D eigenvalue weighted by Gasteiger charge is -2.13. The average Bonchev–Trinajstić information content (AvgIpc) is 2.67. The average molecular weight is 404 g/mol. The smallest absolute Gasteiger partial charge is 0.326 e. The van der Waals surface area contributed by atoms with Gasteiger partial charge in [0.25, 0.3) is 0 Å². The molecule has 4 N–H and O–H groups in total. The van der Waals surface area contributed by atoms with Crippen LogP contribution < -0.4 is 5.32 Å². The van der Waals surface area contributed by atoms with Crippen LogP contribution in [0.1, 0.15) is 51.5 Å². The second-order valence-electron chi connectivity index (χ2n) is 7.42. The van der Waals surface area contributed by atoms with E-state index in [0.29, 0.717) is 11.5 Å². The molecule has 1 unspecified atom stereocenters. The van der Waals surface area contributed by atoms with Crippen LogP contribution in [0, 0.1) is 5.92 Å². The van der Waals surface area contributed by atoms with Crippen LogP contribution in [0.5, 0.6) is 5.75 Å². The first-order valence-corrected chi connectivity index (χ1v) is 10.1. The fraction of sp³-hybridized carbons (Fsp3) is 0.478. The third-order valence-electron chi connectivity index (χ3n) is 4.60. The molecule has 1 aromatic carbocycles. The van der Waals surface area contributed by atoms with Gasteiger partial charge in [0.1, 0.15) is 11.8 Å². The van der Waals surface area contributed by atoms with Gasteiger partial charge in [-0.2, -0.15) is 0 Å². The number of rotatable bonds is 13. The molecule has 0 aliphatic rings. The Morgan fingerprint density at radius 3 is 2.34 bits per heavy atom. The molecule has 0 heterocycles. The summed E-state index contributed by atoms with van der Waals surface area (Å²) in [6.45, 7) is 4.29. The first-order chi connectivity index (χ1) is 13.8. The summed E-state index contributed by atoms with van der Waals surface area (Å²) in [5.74, 6) is -1.07. The lowest BCUT2D eigenvalue weighted by Crippen LogP contribution is -2.41. The molecule has 0 aliphatic carbocycles. The summed E-state index contributed by atoms with van der Waals surface area (Å²) in [4.78, 5) is 23.6. The van der Waals surface area contributed by atoms with Crippen molar-refractivity contribution in [3.8, 4) is 5.75 Å². The molecule has 6 heteroatoms. The topological polar surface area (TPSA) is 107 Å². The number of carboxylic acids is 1. The van der Waals surface area contributed by atoms with E-state index in [0.717, 1.165) is 37.7 Å². The lowest BCUT2D eigenvalue weighted by atomic mass is 10.00. The van der Waals surface area contributed by atoms with E-state index in [1.54, 1.807) is 18.2 Å². The van der Waals surface area contributed by atoms with E-state index in [1.807, 2.05) is 6.92 Å². The first kappa shape index (κ1) is 24.4. The normalized spacial score (nSPS) is 14.0. The van der Waals surface area contributed by atoms with Gasteiger partial charge in [-0.3, -0.25) is 4.79 Å². The first-order valence-electron chi connectivity index (χ1n) is 10.1. The molecule has 1 amide bonds. The number of aliphatic hydroxyl groups excluding tert-OH is 1. The molecule has 1 rings (SSSR count). The van der Waals surface area contributed by atoms with Gasteiger partial charge < -0.3 is 20.6 Å². The van der Waals surface area contributed by atoms with E-state index in [9.17, 15) is 19.8 Å². The lowest BCUT2D eigenvalue weighted by molar-refractivity contribution is -0.141. The molecule has 1 aromatic rings. The predicted molar refractivity (Wildman–Crippen MR) is 114 cm³/mol. The summed E-state index contributed by atoms with van der Waals surface area (Å²) < 4.78 is 0. The Balaban J connectivity index is 2.51. The van der Waals surface area contributed by atoms with Crippen LogP contribution in [0.2, 0.25) is 0 Å². The van der Waals surface area contributed by atoms with E-state index in [1.165, 1.54) is 18.2 Å². The van der Waals surface area contributed by atoms with Gasteiger partial charge in [-0.05, 0) is 43.4 Å². The second-order valence-corrected chi connectivity index (χ2v) is 7.42. The highest BCUT2D eigenvalue weighted by atomic mass is 16.4. The van der Waals surface area contributed by atoms with Crippen molar-refractivity contribution < 1.29 is 24.9 Å². The molecule has 2 atom stereocenters. The molecule has 0 saturated heterocycles. The van der Waals surface area contributed by atoms with Crippen molar-refractivity contribution in [1.29, 1.82) is 0 Å².